The Bertz CT molecular complexity index is 915. The SMILES string of the molecule is Cc1cccc(S(=O)(=O)NCC2CCN(c3nccnc3C#N)CC2)c1. The topological polar surface area (TPSA) is 99.0 Å². The van der Waals surface area contributed by atoms with E-state index in [9.17, 15) is 8.42 Å². The fourth-order valence-electron chi connectivity index (χ4n) is 3.08. The zero-order valence-electron chi connectivity index (χ0n) is 14.6. The van der Waals surface area contributed by atoms with Crippen LogP contribution >= 0.6 is 0 Å². The van der Waals surface area contributed by atoms with Gasteiger partial charge in [0.25, 0.3) is 0 Å². The van der Waals surface area contributed by atoms with Gasteiger partial charge in [0.2, 0.25) is 10.0 Å². The average molecular weight is 371 g/mol. The molecule has 0 bridgehead atoms. The number of hydrogen-bond donors (Lipinski definition) is 1. The maximum Gasteiger partial charge on any atom is 0.240 e. The van der Waals surface area contributed by atoms with Crippen LogP contribution in [0.4, 0.5) is 5.82 Å². The van der Waals surface area contributed by atoms with Crippen molar-refractivity contribution in [1.29, 1.82) is 5.26 Å². The van der Waals surface area contributed by atoms with Gasteiger partial charge in [-0.25, -0.2) is 23.1 Å². The summed E-state index contributed by atoms with van der Waals surface area (Å²) in [4.78, 5) is 10.6. The van der Waals surface area contributed by atoms with Gasteiger partial charge in [-0.1, -0.05) is 12.1 Å². The molecule has 0 aliphatic carbocycles. The van der Waals surface area contributed by atoms with E-state index in [0.717, 1.165) is 31.5 Å². The number of anilines is 1. The van der Waals surface area contributed by atoms with Gasteiger partial charge in [0, 0.05) is 32.0 Å². The second-order valence-corrected chi connectivity index (χ2v) is 8.21. The summed E-state index contributed by atoms with van der Waals surface area (Å²) >= 11 is 0. The van der Waals surface area contributed by atoms with Crippen LogP contribution in [0.5, 0.6) is 0 Å². The molecular formula is C18H21N5O2S. The predicted molar refractivity (Wildman–Crippen MR) is 98.1 cm³/mol. The third-order valence-corrected chi connectivity index (χ3v) is 5.98. The van der Waals surface area contributed by atoms with Crippen molar-refractivity contribution in [2.75, 3.05) is 24.5 Å². The molecule has 7 nitrogen and oxygen atoms in total. The molecular weight excluding hydrogens is 350 g/mol. The normalized spacial score (nSPS) is 15.6. The molecule has 26 heavy (non-hydrogen) atoms. The van der Waals surface area contributed by atoms with Gasteiger partial charge in [-0.2, -0.15) is 5.26 Å². The van der Waals surface area contributed by atoms with Crippen molar-refractivity contribution in [3.63, 3.8) is 0 Å². The van der Waals surface area contributed by atoms with E-state index in [2.05, 4.69) is 20.8 Å². The first-order chi connectivity index (χ1) is 12.5. The molecule has 136 valence electrons. The first-order valence-corrected chi connectivity index (χ1v) is 10.0. The fourth-order valence-corrected chi connectivity index (χ4v) is 4.30. The fraction of sp³-hybridized carbons (Fsp3) is 0.389. The summed E-state index contributed by atoms with van der Waals surface area (Å²) in [5.41, 5.74) is 1.24. The van der Waals surface area contributed by atoms with Crippen LogP contribution in [0.15, 0.2) is 41.6 Å². The Balaban J connectivity index is 1.57. The highest BCUT2D eigenvalue weighted by molar-refractivity contribution is 7.89. The number of nitriles is 1. The van der Waals surface area contributed by atoms with Crippen molar-refractivity contribution in [3.8, 4) is 6.07 Å². The van der Waals surface area contributed by atoms with Gasteiger partial charge in [-0.15, -0.1) is 0 Å². The number of benzene rings is 1. The van der Waals surface area contributed by atoms with Gasteiger partial charge in [0.15, 0.2) is 11.5 Å². The third-order valence-electron chi connectivity index (χ3n) is 4.56. The van der Waals surface area contributed by atoms with Gasteiger partial charge in [0.05, 0.1) is 4.90 Å². The molecule has 0 radical (unpaired) electrons. The highest BCUT2D eigenvalue weighted by Gasteiger charge is 2.24. The van der Waals surface area contributed by atoms with Crippen LogP contribution in [0.2, 0.25) is 0 Å². The molecule has 0 atom stereocenters. The summed E-state index contributed by atoms with van der Waals surface area (Å²) in [6, 6.07) is 8.96. The van der Waals surface area contributed by atoms with E-state index in [1.54, 1.807) is 24.4 Å². The molecule has 1 N–H and O–H groups in total. The Kier molecular flexibility index (Phi) is 5.49. The number of nitrogens with one attached hydrogen (secondary N) is 1. The minimum Gasteiger partial charge on any atom is -0.354 e. The molecule has 1 aliphatic rings. The van der Waals surface area contributed by atoms with E-state index < -0.39 is 10.0 Å². The van der Waals surface area contributed by atoms with Crippen molar-refractivity contribution in [2.45, 2.75) is 24.7 Å². The van der Waals surface area contributed by atoms with Gasteiger partial charge in [-0.05, 0) is 43.4 Å². The standard InChI is InChI=1S/C18H21N5O2S/c1-14-3-2-4-16(11-14)26(24,25)22-13-15-5-9-23(10-6-15)18-17(12-19)20-7-8-21-18/h2-4,7-8,11,15,22H,5-6,9-10,13H2,1H3. The van der Waals surface area contributed by atoms with E-state index >= 15 is 0 Å². The van der Waals surface area contributed by atoms with Crippen molar-refractivity contribution >= 4 is 15.8 Å². The molecule has 0 unspecified atom stereocenters. The van der Waals surface area contributed by atoms with Crippen LogP contribution in [-0.2, 0) is 10.0 Å². The summed E-state index contributed by atoms with van der Waals surface area (Å²) in [5, 5.41) is 9.15. The lowest BCUT2D eigenvalue weighted by Gasteiger charge is -2.32. The van der Waals surface area contributed by atoms with Crippen LogP contribution in [0, 0.1) is 24.2 Å². The van der Waals surface area contributed by atoms with Gasteiger partial charge in [0.1, 0.15) is 6.07 Å². The first kappa shape index (κ1) is 18.3. The van der Waals surface area contributed by atoms with Crippen molar-refractivity contribution in [2.24, 2.45) is 5.92 Å². The maximum atomic E-state index is 12.4. The van der Waals surface area contributed by atoms with E-state index in [1.807, 2.05) is 17.9 Å². The summed E-state index contributed by atoms with van der Waals surface area (Å²) in [6.45, 7) is 3.74. The number of rotatable bonds is 5. The second-order valence-electron chi connectivity index (χ2n) is 6.44. The number of sulfonamides is 1. The van der Waals surface area contributed by atoms with Gasteiger partial charge < -0.3 is 4.90 Å². The Labute approximate surface area is 153 Å². The smallest absolute Gasteiger partial charge is 0.240 e. The molecule has 3 rings (SSSR count). The molecule has 2 heterocycles. The second kappa shape index (κ2) is 7.81. The molecule has 1 aliphatic heterocycles. The third kappa shape index (κ3) is 4.18. The number of hydrogen-bond acceptors (Lipinski definition) is 6. The summed E-state index contributed by atoms with van der Waals surface area (Å²) < 4.78 is 27.6. The number of aryl methyl sites for hydroxylation is 1. The van der Waals surface area contributed by atoms with Crippen LogP contribution in [0.3, 0.4) is 0 Å². The molecule has 1 fully saturated rings. The van der Waals surface area contributed by atoms with Crippen LogP contribution < -0.4 is 9.62 Å². The van der Waals surface area contributed by atoms with Gasteiger partial charge >= 0.3 is 0 Å². The van der Waals surface area contributed by atoms with Crippen molar-refractivity contribution in [1.82, 2.24) is 14.7 Å². The van der Waals surface area contributed by atoms with E-state index in [1.165, 1.54) is 6.20 Å². The molecule has 1 aromatic heterocycles. The largest absolute Gasteiger partial charge is 0.354 e. The molecule has 1 aromatic carbocycles. The van der Waals surface area contributed by atoms with Crippen molar-refractivity contribution in [3.05, 3.63) is 47.9 Å². The highest BCUT2D eigenvalue weighted by Crippen LogP contribution is 2.23. The maximum absolute atomic E-state index is 12.4. The van der Waals surface area contributed by atoms with Crippen LogP contribution in [0.25, 0.3) is 0 Å². The average Bonchev–Trinajstić information content (AvgIpc) is 2.67. The number of piperidine rings is 1. The Morgan fingerprint density at radius 1 is 1.27 bits per heavy atom. The first-order valence-electron chi connectivity index (χ1n) is 8.52. The monoisotopic (exact) mass is 371 g/mol. The minimum absolute atomic E-state index is 0.257. The Hall–Kier alpha value is -2.50. The molecule has 0 saturated carbocycles. The van der Waals surface area contributed by atoms with Crippen LogP contribution in [0.1, 0.15) is 24.1 Å². The van der Waals surface area contributed by atoms with E-state index in [0.29, 0.717) is 23.0 Å². The molecule has 8 heteroatoms. The van der Waals surface area contributed by atoms with Crippen molar-refractivity contribution < 1.29 is 8.42 Å². The Morgan fingerprint density at radius 3 is 2.69 bits per heavy atom. The lowest BCUT2D eigenvalue weighted by atomic mass is 9.97. The Morgan fingerprint density at radius 2 is 2.00 bits per heavy atom. The van der Waals surface area contributed by atoms with Gasteiger partial charge in [-0.3, -0.25) is 0 Å². The zero-order chi connectivity index (χ0) is 18.6. The van der Waals surface area contributed by atoms with E-state index in [-0.39, 0.29) is 5.92 Å². The lowest BCUT2D eigenvalue weighted by molar-refractivity contribution is 0.400. The lowest BCUT2D eigenvalue weighted by Crippen LogP contribution is -2.39. The van der Waals surface area contributed by atoms with E-state index in [4.69, 9.17) is 5.26 Å². The summed E-state index contributed by atoms with van der Waals surface area (Å²) in [7, 11) is -3.49. The summed E-state index contributed by atoms with van der Waals surface area (Å²) in [6.07, 6.45) is 4.75. The predicted octanol–water partition coefficient (Wildman–Crippen LogP) is 1.85. The van der Waals surface area contributed by atoms with Crippen LogP contribution in [-0.4, -0.2) is 38.0 Å². The minimum atomic E-state index is -3.49. The number of nitrogens with zero attached hydrogens (tertiary/aromatic N) is 4. The molecule has 2 aromatic rings. The highest BCUT2D eigenvalue weighted by atomic mass is 32.2. The molecule has 1 saturated heterocycles. The zero-order valence-corrected chi connectivity index (χ0v) is 15.4. The molecule has 0 spiro atoms. The quantitative estimate of drug-likeness (QED) is 0.861. The molecule has 0 amide bonds. The number of aromatic nitrogens is 2. The summed E-state index contributed by atoms with van der Waals surface area (Å²) in [5.74, 6) is 0.863.